The van der Waals surface area contributed by atoms with Crippen molar-refractivity contribution in [3.05, 3.63) is 0 Å². The van der Waals surface area contributed by atoms with E-state index in [9.17, 15) is 0 Å². The quantitative estimate of drug-likeness (QED) is 0.721. The van der Waals surface area contributed by atoms with Crippen LogP contribution in [-0.2, 0) is 0 Å². The van der Waals surface area contributed by atoms with Gasteiger partial charge in [0.05, 0.1) is 0 Å². The summed E-state index contributed by atoms with van der Waals surface area (Å²) in [4.78, 5) is 2.51. The van der Waals surface area contributed by atoms with Gasteiger partial charge >= 0.3 is 0 Å². The molecule has 1 heterocycles. The zero-order valence-electron chi connectivity index (χ0n) is 9.46. The summed E-state index contributed by atoms with van der Waals surface area (Å²) in [6.45, 7) is 12.6. The smallest absolute Gasteiger partial charge is 0.0191 e. The van der Waals surface area contributed by atoms with Crippen LogP contribution >= 0.6 is 0 Å². The van der Waals surface area contributed by atoms with Crippen LogP contribution in [0.5, 0.6) is 0 Å². The van der Waals surface area contributed by atoms with Gasteiger partial charge in [-0.2, -0.15) is 0 Å². The van der Waals surface area contributed by atoms with Gasteiger partial charge in [-0.1, -0.05) is 27.7 Å². The second-order valence-corrected chi connectivity index (χ2v) is 5.08. The highest BCUT2D eigenvalue weighted by Crippen LogP contribution is 2.22. The number of rotatable bonds is 3. The van der Waals surface area contributed by atoms with Gasteiger partial charge < -0.3 is 10.6 Å². The summed E-state index contributed by atoms with van der Waals surface area (Å²) in [5.41, 5.74) is 6.05. The first-order chi connectivity index (χ1) is 6.00. The Balaban J connectivity index is 2.31. The van der Waals surface area contributed by atoms with Crippen LogP contribution in [0.25, 0.3) is 0 Å². The summed E-state index contributed by atoms with van der Waals surface area (Å²) < 4.78 is 0. The van der Waals surface area contributed by atoms with E-state index in [0.29, 0.717) is 12.0 Å². The highest BCUT2D eigenvalue weighted by atomic mass is 15.2. The fourth-order valence-electron chi connectivity index (χ4n) is 1.91. The molecule has 1 aliphatic rings. The van der Waals surface area contributed by atoms with Gasteiger partial charge in [0.2, 0.25) is 0 Å². The third-order valence-electron chi connectivity index (χ3n) is 3.39. The van der Waals surface area contributed by atoms with Crippen LogP contribution in [0, 0.1) is 17.8 Å². The van der Waals surface area contributed by atoms with Crippen LogP contribution in [0.15, 0.2) is 0 Å². The molecule has 0 amide bonds. The Morgan fingerprint density at radius 2 is 1.69 bits per heavy atom. The van der Waals surface area contributed by atoms with Crippen molar-refractivity contribution in [2.45, 2.75) is 33.7 Å². The number of likely N-dealkylation sites (tertiary alicyclic amines) is 1. The van der Waals surface area contributed by atoms with E-state index >= 15 is 0 Å². The normalized spacial score (nSPS) is 32.8. The van der Waals surface area contributed by atoms with E-state index in [1.807, 2.05) is 0 Å². The lowest BCUT2D eigenvalue weighted by atomic mass is 10.0. The molecule has 2 heteroatoms. The molecule has 0 aromatic carbocycles. The highest BCUT2D eigenvalue weighted by Gasteiger charge is 2.27. The molecule has 1 rings (SSSR count). The molecule has 3 atom stereocenters. The minimum absolute atomic E-state index is 0.345. The molecular weight excluding hydrogens is 160 g/mol. The maximum absolute atomic E-state index is 6.05. The highest BCUT2D eigenvalue weighted by molar-refractivity contribution is 4.81. The van der Waals surface area contributed by atoms with Gasteiger partial charge in [-0.15, -0.1) is 0 Å². The van der Waals surface area contributed by atoms with E-state index in [1.54, 1.807) is 0 Å². The van der Waals surface area contributed by atoms with Crippen molar-refractivity contribution in [2.24, 2.45) is 23.5 Å². The largest absolute Gasteiger partial charge is 0.326 e. The van der Waals surface area contributed by atoms with Gasteiger partial charge in [-0.3, -0.25) is 0 Å². The summed E-state index contributed by atoms with van der Waals surface area (Å²) in [7, 11) is 0. The second kappa shape index (κ2) is 4.43. The zero-order chi connectivity index (χ0) is 10.0. The Labute approximate surface area is 82.5 Å². The van der Waals surface area contributed by atoms with E-state index in [0.717, 1.165) is 18.4 Å². The van der Waals surface area contributed by atoms with Crippen LogP contribution in [-0.4, -0.2) is 30.6 Å². The van der Waals surface area contributed by atoms with Gasteiger partial charge in [-0.05, 0) is 17.8 Å². The summed E-state index contributed by atoms with van der Waals surface area (Å²) in [6, 6.07) is 0.345. The molecule has 2 nitrogen and oxygen atoms in total. The third-order valence-corrected chi connectivity index (χ3v) is 3.39. The first kappa shape index (κ1) is 11.0. The molecule has 0 aromatic heterocycles. The van der Waals surface area contributed by atoms with Crippen molar-refractivity contribution in [3.63, 3.8) is 0 Å². The summed E-state index contributed by atoms with van der Waals surface area (Å²) in [6.07, 6.45) is 0. The lowest BCUT2D eigenvalue weighted by molar-refractivity contribution is 0.275. The van der Waals surface area contributed by atoms with Crippen molar-refractivity contribution in [1.82, 2.24) is 4.90 Å². The monoisotopic (exact) mass is 184 g/mol. The van der Waals surface area contributed by atoms with Gasteiger partial charge in [0.1, 0.15) is 0 Å². The van der Waals surface area contributed by atoms with Crippen LogP contribution < -0.4 is 5.73 Å². The fourth-order valence-corrected chi connectivity index (χ4v) is 1.91. The van der Waals surface area contributed by atoms with E-state index in [1.165, 1.54) is 13.1 Å². The summed E-state index contributed by atoms with van der Waals surface area (Å²) >= 11 is 0. The van der Waals surface area contributed by atoms with E-state index < -0.39 is 0 Å². The molecule has 78 valence electrons. The van der Waals surface area contributed by atoms with Gasteiger partial charge in [0, 0.05) is 25.7 Å². The Morgan fingerprint density at radius 1 is 1.23 bits per heavy atom. The molecule has 2 N–H and O–H groups in total. The summed E-state index contributed by atoms with van der Waals surface area (Å²) in [5, 5.41) is 0. The Kier molecular flexibility index (Phi) is 3.74. The van der Waals surface area contributed by atoms with Crippen molar-refractivity contribution in [2.75, 3.05) is 19.6 Å². The Morgan fingerprint density at radius 3 is 2.08 bits per heavy atom. The number of nitrogens with two attached hydrogens (primary N) is 1. The lowest BCUT2D eigenvalue weighted by Gasteiger charge is -2.23. The molecule has 0 aliphatic carbocycles. The minimum Gasteiger partial charge on any atom is -0.326 e. The molecule has 2 unspecified atom stereocenters. The first-order valence-electron chi connectivity index (χ1n) is 5.48. The molecular formula is C11H24N2. The van der Waals surface area contributed by atoms with E-state index in [4.69, 9.17) is 5.73 Å². The molecule has 1 aliphatic heterocycles. The minimum atomic E-state index is 0.345. The maximum Gasteiger partial charge on any atom is 0.0191 e. The Hall–Kier alpha value is -0.0800. The van der Waals surface area contributed by atoms with Crippen LogP contribution in [0.4, 0.5) is 0 Å². The van der Waals surface area contributed by atoms with Crippen molar-refractivity contribution in [1.29, 1.82) is 0 Å². The fraction of sp³-hybridized carbons (Fsp3) is 1.00. The molecule has 13 heavy (non-hydrogen) atoms. The Bertz CT molecular complexity index is 146. The second-order valence-electron chi connectivity index (χ2n) is 5.08. The molecule has 0 saturated carbocycles. The molecule has 0 aromatic rings. The average Bonchev–Trinajstić information content (AvgIpc) is 2.31. The maximum atomic E-state index is 6.05. The van der Waals surface area contributed by atoms with Crippen molar-refractivity contribution >= 4 is 0 Å². The molecule has 1 fully saturated rings. The molecule has 1 saturated heterocycles. The third kappa shape index (κ3) is 2.96. The first-order valence-corrected chi connectivity index (χ1v) is 5.48. The number of nitrogens with zero attached hydrogens (tertiary/aromatic N) is 1. The standard InChI is InChI=1S/C11H24N2/c1-8(2)11(12)7-13-5-9(3)10(4)6-13/h8-11H,5-7,12H2,1-4H3/t9?,10?,11-/m1/s1. The van der Waals surface area contributed by atoms with Gasteiger partial charge in [0.15, 0.2) is 0 Å². The zero-order valence-corrected chi connectivity index (χ0v) is 9.46. The predicted octanol–water partition coefficient (Wildman–Crippen LogP) is 1.56. The van der Waals surface area contributed by atoms with Gasteiger partial charge in [-0.25, -0.2) is 0 Å². The lowest BCUT2D eigenvalue weighted by Crippen LogP contribution is -2.39. The van der Waals surface area contributed by atoms with Gasteiger partial charge in [0.25, 0.3) is 0 Å². The topological polar surface area (TPSA) is 29.3 Å². The molecule has 0 spiro atoms. The average molecular weight is 184 g/mol. The predicted molar refractivity (Wildman–Crippen MR) is 57.6 cm³/mol. The van der Waals surface area contributed by atoms with Crippen LogP contribution in [0.1, 0.15) is 27.7 Å². The summed E-state index contributed by atoms with van der Waals surface area (Å²) in [5.74, 6) is 2.30. The van der Waals surface area contributed by atoms with Crippen molar-refractivity contribution < 1.29 is 0 Å². The SMILES string of the molecule is CC1CN(C[C@@H](N)C(C)C)CC1C. The molecule has 0 bridgehead atoms. The van der Waals surface area contributed by atoms with Crippen molar-refractivity contribution in [3.8, 4) is 0 Å². The number of hydrogen-bond acceptors (Lipinski definition) is 2. The van der Waals surface area contributed by atoms with E-state index in [2.05, 4.69) is 32.6 Å². The van der Waals surface area contributed by atoms with E-state index in [-0.39, 0.29) is 0 Å². The molecule has 0 radical (unpaired) electrons. The van der Waals surface area contributed by atoms with Crippen LogP contribution in [0.3, 0.4) is 0 Å². The number of hydrogen-bond donors (Lipinski definition) is 1. The van der Waals surface area contributed by atoms with Crippen LogP contribution in [0.2, 0.25) is 0 Å².